The summed E-state index contributed by atoms with van der Waals surface area (Å²) >= 11 is 5.95. The Balaban J connectivity index is 2.21. The number of nitrogens with zero attached hydrogens (tertiary/aromatic N) is 1. The molecule has 1 aromatic heterocycles. The van der Waals surface area contributed by atoms with E-state index in [2.05, 4.69) is 17.2 Å². The molecule has 0 saturated carbocycles. The maximum Gasteiger partial charge on any atom is 0.126 e. The van der Waals surface area contributed by atoms with Gasteiger partial charge in [0.1, 0.15) is 5.82 Å². The van der Waals surface area contributed by atoms with Gasteiger partial charge in [-0.2, -0.15) is 0 Å². The average molecular weight is 293 g/mol. The first-order valence-electron chi connectivity index (χ1n) is 6.78. The van der Waals surface area contributed by atoms with Crippen molar-refractivity contribution in [3.63, 3.8) is 0 Å². The van der Waals surface area contributed by atoms with Crippen molar-refractivity contribution in [3.8, 4) is 0 Å². The van der Waals surface area contributed by atoms with Crippen LogP contribution < -0.4 is 5.32 Å². The van der Waals surface area contributed by atoms with E-state index in [4.69, 9.17) is 11.6 Å². The van der Waals surface area contributed by atoms with E-state index >= 15 is 0 Å². The van der Waals surface area contributed by atoms with Crippen molar-refractivity contribution in [3.05, 3.63) is 64.7 Å². The van der Waals surface area contributed by atoms with Gasteiger partial charge in [-0.3, -0.25) is 4.98 Å². The van der Waals surface area contributed by atoms with E-state index in [-0.39, 0.29) is 11.9 Å². The predicted molar refractivity (Wildman–Crippen MR) is 80.4 cm³/mol. The predicted octanol–water partition coefficient (Wildman–Crippen LogP) is 4.16. The van der Waals surface area contributed by atoms with Crippen LogP contribution in [0.15, 0.2) is 42.7 Å². The van der Waals surface area contributed by atoms with Crippen LogP contribution in [0, 0.1) is 5.82 Å². The summed E-state index contributed by atoms with van der Waals surface area (Å²) in [6.45, 7) is 2.99. The highest BCUT2D eigenvalue weighted by molar-refractivity contribution is 6.30. The van der Waals surface area contributed by atoms with Gasteiger partial charge in [0, 0.05) is 23.5 Å². The lowest BCUT2D eigenvalue weighted by Gasteiger charge is -2.19. The van der Waals surface area contributed by atoms with Gasteiger partial charge >= 0.3 is 0 Å². The van der Waals surface area contributed by atoms with Crippen LogP contribution in [-0.4, -0.2) is 11.5 Å². The second-order valence-corrected chi connectivity index (χ2v) is 5.16. The Bertz CT molecular complexity index is 545. The third kappa shape index (κ3) is 4.02. The zero-order valence-corrected chi connectivity index (χ0v) is 12.2. The normalized spacial score (nSPS) is 12.3. The van der Waals surface area contributed by atoms with Gasteiger partial charge in [-0.1, -0.05) is 18.5 Å². The molecule has 1 heterocycles. The first kappa shape index (κ1) is 14.9. The first-order valence-corrected chi connectivity index (χ1v) is 7.15. The lowest BCUT2D eigenvalue weighted by Crippen LogP contribution is -2.24. The molecule has 0 radical (unpaired) electrons. The standard InChI is InChI=1S/C16H18ClFN2/c1-2-7-20-16(12-5-8-19-9-6-12)11-13-10-14(17)3-4-15(13)18/h3-6,8-10,16,20H,2,7,11H2,1H3. The van der Waals surface area contributed by atoms with Crippen LogP contribution in [0.1, 0.15) is 30.5 Å². The van der Waals surface area contributed by atoms with Crippen molar-refractivity contribution >= 4 is 11.6 Å². The van der Waals surface area contributed by atoms with Crippen molar-refractivity contribution < 1.29 is 4.39 Å². The summed E-state index contributed by atoms with van der Waals surface area (Å²) in [6.07, 6.45) is 5.10. The second kappa shape index (κ2) is 7.36. The Labute approximate surface area is 124 Å². The summed E-state index contributed by atoms with van der Waals surface area (Å²) in [6, 6.07) is 8.65. The van der Waals surface area contributed by atoms with Gasteiger partial charge < -0.3 is 5.32 Å². The maximum absolute atomic E-state index is 13.9. The Kier molecular flexibility index (Phi) is 5.50. The van der Waals surface area contributed by atoms with E-state index < -0.39 is 0 Å². The van der Waals surface area contributed by atoms with Crippen LogP contribution in [0.3, 0.4) is 0 Å². The lowest BCUT2D eigenvalue weighted by molar-refractivity contribution is 0.512. The average Bonchev–Trinajstić information content (AvgIpc) is 2.48. The summed E-state index contributed by atoms with van der Waals surface area (Å²) in [7, 11) is 0. The quantitative estimate of drug-likeness (QED) is 0.865. The molecule has 0 amide bonds. The molecule has 106 valence electrons. The Morgan fingerprint density at radius 3 is 2.70 bits per heavy atom. The Hall–Kier alpha value is -1.45. The minimum absolute atomic E-state index is 0.0610. The molecule has 20 heavy (non-hydrogen) atoms. The summed E-state index contributed by atoms with van der Waals surface area (Å²) in [5.41, 5.74) is 1.73. The van der Waals surface area contributed by atoms with Gasteiger partial charge in [-0.15, -0.1) is 0 Å². The summed E-state index contributed by atoms with van der Waals surface area (Å²) < 4.78 is 13.9. The number of aromatic nitrogens is 1. The van der Waals surface area contributed by atoms with Crippen LogP contribution in [0.25, 0.3) is 0 Å². The molecule has 1 atom stereocenters. The van der Waals surface area contributed by atoms with Crippen LogP contribution in [0.4, 0.5) is 4.39 Å². The molecule has 4 heteroatoms. The number of hydrogen-bond donors (Lipinski definition) is 1. The molecular formula is C16H18ClFN2. The number of hydrogen-bond acceptors (Lipinski definition) is 2. The fourth-order valence-corrected chi connectivity index (χ4v) is 2.34. The smallest absolute Gasteiger partial charge is 0.126 e. The van der Waals surface area contributed by atoms with E-state index in [9.17, 15) is 4.39 Å². The molecule has 0 aliphatic heterocycles. The Morgan fingerprint density at radius 2 is 2.00 bits per heavy atom. The highest BCUT2D eigenvalue weighted by Gasteiger charge is 2.14. The summed E-state index contributed by atoms with van der Waals surface area (Å²) in [4.78, 5) is 4.02. The largest absolute Gasteiger partial charge is 0.310 e. The molecule has 0 aliphatic carbocycles. The molecule has 0 saturated heterocycles. The van der Waals surface area contributed by atoms with Crippen molar-refractivity contribution in [2.45, 2.75) is 25.8 Å². The number of pyridine rings is 1. The third-order valence-corrected chi connectivity index (χ3v) is 3.42. The molecule has 2 nitrogen and oxygen atoms in total. The molecule has 1 aromatic carbocycles. The zero-order valence-electron chi connectivity index (χ0n) is 11.4. The molecule has 1 N–H and O–H groups in total. The van der Waals surface area contributed by atoms with E-state index in [0.29, 0.717) is 17.0 Å². The van der Waals surface area contributed by atoms with Gasteiger partial charge in [-0.25, -0.2) is 4.39 Å². The lowest BCUT2D eigenvalue weighted by atomic mass is 9.99. The summed E-state index contributed by atoms with van der Waals surface area (Å²) in [5, 5.41) is 4.00. The molecule has 0 aliphatic rings. The molecule has 0 spiro atoms. The monoisotopic (exact) mass is 292 g/mol. The fourth-order valence-electron chi connectivity index (χ4n) is 2.14. The SMILES string of the molecule is CCCNC(Cc1cc(Cl)ccc1F)c1ccncc1. The minimum atomic E-state index is -0.216. The van der Waals surface area contributed by atoms with E-state index in [1.165, 1.54) is 6.07 Å². The van der Waals surface area contributed by atoms with Gasteiger partial charge in [0.2, 0.25) is 0 Å². The van der Waals surface area contributed by atoms with Crippen molar-refractivity contribution in [2.24, 2.45) is 0 Å². The summed E-state index contributed by atoms with van der Waals surface area (Å²) in [5.74, 6) is -0.216. The minimum Gasteiger partial charge on any atom is -0.310 e. The maximum atomic E-state index is 13.9. The highest BCUT2D eigenvalue weighted by Crippen LogP contribution is 2.22. The molecule has 1 unspecified atom stereocenters. The zero-order chi connectivity index (χ0) is 14.4. The van der Waals surface area contributed by atoms with Gasteiger partial charge in [-0.05, 0) is 60.8 Å². The second-order valence-electron chi connectivity index (χ2n) is 4.73. The van der Waals surface area contributed by atoms with Crippen molar-refractivity contribution in [1.29, 1.82) is 0 Å². The van der Waals surface area contributed by atoms with Crippen LogP contribution in [-0.2, 0) is 6.42 Å². The molecule has 0 fully saturated rings. The number of rotatable bonds is 6. The number of benzene rings is 1. The molecular weight excluding hydrogens is 275 g/mol. The van der Waals surface area contributed by atoms with Crippen LogP contribution >= 0.6 is 11.6 Å². The van der Waals surface area contributed by atoms with Crippen LogP contribution in [0.2, 0.25) is 5.02 Å². The molecule has 2 rings (SSSR count). The third-order valence-electron chi connectivity index (χ3n) is 3.18. The number of nitrogens with one attached hydrogen (secondary N) is 1. The van der Waals surface area contributed by atoms with E-state index in [0.717, 1.165) is 18.5 Å². The Morgan fingerprint density at radius 1 is 1.25 bits per heavy atom. The van der Waals surface area contributed by atoms with E-state index in [1.807, 2.05) is 12.1 Å². The van der Waals surface area contributed by atoms with Crippen molar-refractivity contribution in [1.82, 2.24) is 10.3 Å². The fraction of sp³-hybridized carbons (Fsp3) is 0.312. The topological polar surface area (TPSA) is 24.9 Å². The van der Waals surface area contributed by atoms with Gasteiger partial charge in [0.25, 0.3) is 0 Å². The molecule has 2 aromatic rings. The number of halogens is 2. The van der Waals surface area contributed by atoms with E-state index in [1.54, 1.807) is 24.5 Å². The van der Waals surface area contributed by atoms with Gasteiger partial charge in [0.05, 0.1) is 0 Å². The van der Waals surface area contributed by atoms with Crippen LogP contribution in [0.5, 0.6) is 0 Å². The highest BCUT2D eigenvalue weighted by atomic mass is 35.5. The molecule has 0 bridgehead atoms. The first-order chi connectivity index (χ1) is 9.70. The van der Waals surface area contributed by atoms with Crippen molar-refractivity contribution in [2.75, 3.05) is 6.54 Å². The van der Waals surface area contributed by atoms with Gasteiger partial charge in [0.15, 0.2) is 0 Å².